The van der Waals surface area contributed by atoms with Crippen molar-refractivity contribution in [2.45, 2.75) is 11.8 Å². The van der Waals surface area contributed by atoms with Crippen LogP contribution in [0.25, 0.3) is 0 Å². The van der Waals surface area contributed by atoms with Crippen LogP contribution < -0.4 is 14.8 Å². The van der Waals surface area contributed by atoms with E-state index >= 15 is 0 Å². The highest BCUT2D eigenvalue weighted by Crippen LogP contribution is 2.23. The van der Waals surface area contributed by atoms with Gasteiger partial charge >= 0.3 is 0 Å². The van der Waals surface area contributed by atoms with E-state index in [4.69, 9.17) is 16.3 Å². The summed E-state index contributed by atoms with van der Waals surface area (Å²) >= 11 is 6.04. The summed E-state index contributed by atoms with van der Waals surface area (Å²) in [4.78, 5) is 12.0. The maximum Gasteiger partial charge on any atom is 0.262 e. The Morgan fingerprint density at radius 2 is 1.66 bits per heavy atom. The molecule has 0 aliphatic heterocycles. The van der Waals surface area contributed by atoms with E-state index < -0.39 is 10.0 Å². The summed E-state index contributed by atoms with van der Waals surface area (Å²) in [5.41, 5.74) is 1.90. The number of ether oxygens (including phenoxy) is 1. The van der Waals surface area contributed by atoms with Crippen molar-refractivity contribution >= 4 is 38.9 Å². The zero-order chi connectivity index (χ0) is 20.9. The van der Waals surface area contributed by atoms with Gasteiger partial charge in [-0.1, -0.05) is 35.9 Å². The van der Waals surface area contributed by atoms with E-state index in [-0.39, 0.29) is 17.4 Å². The maximum atomic E-state index is 12.5. The van der Waals surface area contributed by atoms with Crippen molar-refractivity contribution in [2.24, 2.45) is 0 Å². The first-order chi connectivity index (χ1) is 13.8. The van der Waals surface area contributed by atoms with E-state index in [2.05, 4.69) is 10.0 Å². The quantitative estimate of drug-likeness (QED) is 0.579. The molecular formula is C21H19ClN2O4S. The van der Waals surface area contributed by atoms with Crippen molar-refractivity contribution in [3.63, 3.8) is 0 Å². The summed E-state index contributed by atoms with van der Waals surface area (Å²) in [7, 11) is -3.78. The van der Waals surface area contributed by atoms with Crippen molar-refractivity contribution in [3.05, 3.63) is 83.4 Å². The van der Waals surface area contributed by atoms with Gasteiger partial charge in [0.15, 0.2) is 6.61 Å². The molecule has 0 spiro atoms. The summed E-state index contributed by atoms with van der Waals surface area (Å²) in [5.74, 6) is 0.0661. The Morgan fingerprint density at radius 1 is 0.966 bits per heavy atom. The van der Waals surface area contributed by atoms with Gasteiger partial charge in [0, 0.05) is 10.7 Å². The minimum atomic E-state index is -3.78. The fourth-order valence-electron chi connectivity index (χ4n) is 2.45. The van der Waals surface area contributed by atoms with Gasteiger partial charge in [-0.15, -0.1) is 0 Å². The lowest BCUT2D eigenvalue weighted by Crippen LogP contribution is -2.20. The predicted octanol–water partition coefficient (Wildman–Crippen LogP) is 4.47. The van der Waals surface area contributed by atoms with Gasteiger partial charge < -0.3 is 10.1 Å². The predicted molar refractivity (Wildman–Crippen MR) is 114 cm³/mol. The number of carbonyl (C=O) groups excluding carboxylic acids is 1. The lowest BCUT2D eigenvalue weighted by Gasteiger charge is -2.11. The first kappa shape index (κ1) is 20.7. The summed E-state index contributed by atoms with van der Waals surface area (Å²) in [6, 6.07) is 19.7. The van der Waals surface area contributed by atoms with Crippen molar-refractivity contribution in [1.82, 2.24) is 0 Å². The van der Waals surface area contributed by atoms with Gasteiger partial charge in [-0.3, -0.25) is 9.52 Å². The van der Waals surface area contributed by atoms with Crippen molar-refractivity contribution in [1.29, 1.82) is 0 Å². The van der Waals surface area contributed by atoms with Crippen molar-refractivity contribution in [2.75, 3.05) is 16.6 Å². The molecule has 0 unspecified atom stereocenters. The van der Waals surface area contributed by atoms with E-state index in [1.54, 1.807) is 30.3 Å². The Morgan fingerprint density at radius 3 is 2.31 bits per heavy atom. The van der Waals surface area contributed by atoms with Gasteiger partial charge in [0.1, 0.15) is 5.75 Å². The number of para-hydroxylation sites is 1. The molecule has 0 bridgehead atoms. The molecular weight excluding hydrogens is 412 g/mol. The van der Waals surface area contributed by atoms with Gasteiger partial charge in [0.05, 0.1) is 10.6 Å². The second kappa shape index (κ2) is 8.98. The SMILES string of the molecule is Cc1ccc(NS(=O)(=O)c2ccc(OCC(=O)Nc3ccccc3)cc2)cc1Cl. The highest BCUT2D eigenvalue weighted by atomic mass is 35.5. The average molecular weight is 431 g/mol. The molecule has 0 atom stereocenters. The molecule has 0 heterocycles. The van der Waals surface area contributed by atoms with Gasteiger partial charge in [-0.2, -0.15) is 0 Å². The van der Waals surface area contributed by atoms with Gasteiger partial charge in [-0.05, 0) is 61.0 Å². The Bertz CT molecular complexity index is 1100. The lowest BCUT2D eigenvalue weighted by atomic mass is 10.2. The second-order valence-corrected chi connectivity index (χ2v) is 8.33. The van der Waals surface area contributed by atoms with E-state index in [0.29, 0.717) is 22.1 Å². The molecule has 0 fully saturated rings. The smallest absolute Gasteiger partial charge is 0.262 e. The second-order valence-electron chi connectivity index (χ2n) is 6.24. The molecule has 0 saturated heterocycles. The summed E-state index contributed by atoms with van der Waals surface area (Å²) in [5, 5.41) is 3.18. The molecule has 0 radical (unpaired) electrons. The van der Waals surface area contributed by atoms with Gasteiger partial charge in [0.25, 0.3) is 15.9 Å². The number of hydrogen-bond donors (Lipinski definition) is 2. The molecule has 3 rings (SSSR count). The summed E-state index contributed by atoms with van der Waals surface area (Å²) in [6.07, 6.45) is 0. The molecule has 0 aliphatic rings. The van der Waals surface area contributed by atoms with Crippen LogP contribution in [0.1, 0.15) is 5.56 Å². The molecule has 0 aliphatic carbocycles. The normalized spacial score (nSPS) is 11.0. The summed E-state index contributed by atoms with van der Waals surface area (Å²) < 4.78 is 32.9. The van der Waals surface area contributed by atoms with E-state index in [1.165, 1.54) is 24.3 Å². The molecule has 150 valence electrons. The van der Waals surface area contributed by atoms with Crippen LogP contribution >= 0.6 is 11.6 Å². The number of nitrogens with one attached hydrogen (secondary N) is 2. The number of amides is 1. The van der Waals surface area contributed by atoms with Crippen LogP contribution in [0.2, 0.25) is 5.02 Å². The van der Waals surface area contributed by atoms with Crippen molar-refractivity contribution in [3.8, 4) is 5.75 Å². The third kappa shape index (κ3) is 5.73. The average Bonchev–Trinajstić information content (AvgIpc) is 2.70. The van der Waals surface area contributed by atoms with Crippen LogP contribution in [0, 0.1) is 6.92 Å². The third-order valence-electron chi connectivity index (χ3n) is 3.99. The highest BCUT2D eigenvalue weighted by Gasteiger charge is 2.15. The van der Waals surface area contributed by atoms with E-state index in [9.17, 15) is 13.2 Å². The number of rotatable bonds is 7. The minimum absolute atomic E-state index is 0.0651. The van der Waals surface area contributed by atoms with Crippen molar-refractivity contribution < 1.29 is 17.9 Å². The Hall–Kier alpha value is -3.03. The third-order valence-corrected chi connectivity index (χ3v) is 5.79. The fourth-order valence-corrected chi connectivity index (χ4v) is 3.68. The highest BCUT2D eigenvalue weighted by molar-refractivity contribution is 7.92. The van der Waals surface area contributed by atoms with Gasteiger partial charge in [-0.25, -0.2) is 8.42 Å². The molecule has 8 heteroatoms. The molecule has 6 nitrogen and oxygen atoms in total. The monoisotopic (exact) mass is 430 g/mol. The van der Waals surface area contributed by atoms with Crippen LogP contribution in [-0.4, -0.2) is 20.9 Å². The molecule has 0 saturated carbocycles. The van der Waals surface area contributed by atoms with Crippen LogP contribution in [0.3, 0.4) is 0 Å². The Labute approximate surface area is 174 Å². The van der Waals surface area contributed by atoms with Gasteiger partial charge in [0.2, 0.25) is 0 Å². The number of halogens is 1. The number of hydrogen-bond acceptors (Lipinski definition) is 4. The molecule has 3 aromatic carbocycles. The zero-order valence-electron chi connectivity index (χ0n) is 15.6. The van der Waals surface area contributed by atoms with E-state index in [0.717, 1.165) is 5.56 Å². The molecule has 1 amide bonds. The number of anilines is 2. The molecule has 2 N–H and O–H groups in total. The Kier molecular flexibility index (Phi) is 6.41. The van der Waals surface area contributed by atoms with E-state index in [1.807, 2.05) is 25.1 Å². The lowest BCUT2D eigenvalue weighted by molar-refractivity contribution is -0.118. The zero-order valence-corrected chi connectivity index (χ0v) is 17.1. The van der Waals surface area contributed by atoms with Crippen LogP contribution in [0.15, 0.2) is 77.7 Å². The number of carbonyl (C=O) groups is 1. The van der Waals surface area contributed by atoms with Crippen LogP contribution in [0.4, 0.5) is 11.4 Å². The number of benzene rings is 3. The first-order valence-electron chi connectivity index (χ1n) is 8.70. The fraction of sp³-hybridized carbons (Fsp3) is 0.0952. The molecule has 3 aromatic rings. The minimum Gasteiger partial charge on any atom is -0.484 e. The Balaban J connectivity index is 1.60. The van der Waals surface area contributed by atoms with Crippen LogP contribution in [0.5, 0.6) is 5.75 Å². The topological polar surface area (TPSA) is 84.5 Å². The largest absolute Gasteiger partial charge is 0.484 e. The molecule has 29 heavy (non-hydrogen) atoms. The maximum absolute atomic E-state index is 12.5. The number of sulfonamides is 1. The summed E-state index contributed by atoms with van der Waals surface area (Å²) in [6.45, 7) is 1.64. The standard InChI is InChI=1S/C21H19ClN2O4S/c1-15-7-8-17(13-20(15)22)24-29(26,27)19-11-9-18(10-12-19)28-14-21(25)23-16-5-3-2-4-6-16/h2-13,24H,14H2,1H3,(H,23,25). The van der Waals surface area contributed by atoms with Crippen LogP contribution in [-0.2, 0) is 14.8 Å². The number of aryl methyl sites for hydroxylation is 1. The molecule has 0 aromatic heterocycles. The first-order valence-corrected chi connectivity index (χ1v) is 10.6.